The highest BCUT2D eigenvalue weighted by molar-refractivity contribution is 5.48. The van der Waals surface area contributed by atoms with E-state index in [0.29, 0.717) is 6.42 Å². The Bertz CT molecular complexity index is 661. The zero-order valence-electron chi connectivity index (χ0n) is 16.8. The molecule has 1 aromatic rings. The van der Waals surface area contributed by atoms with E-state index in [2.05, 4.69) is 19.1 Å². The lowest BCUT2D eigenvalue weighted by Gasteiger charge is -2.07. The molecule has 0 atom stereocenters. The van der Waals surface area contributed by atoms with Gasteiger partial charge in [0.2, 0.25) is 0 Å². The maximum Gasteiger partial charge on any atom is 0.122 e. The number of carbonyl (C=O) groups is 1. The average Bonchev–Trinajstić information content (AvgIpc) is 2.69. The number of hydrogen-bond donors (Lipinski definition) is 0. The number of carbonyl (C=O) groups excluding carboxylic acids is 1. The van der Waals surface area contributed by atoms with Gasteiger partial charge in [-0.25, -0.2) is 0 Å². The number of benzene rings is 1. The molecule has 0 bridgehead atoms. The Morgan fingerprint density at radius 2 is 1.70 bits per heavy atom. The smallest absolute Gasteiger partial charge is 0.122 e. The summed E-state index contributed by atoms with van der Waals surface area (Å²) in [4.78, 5) is 10.3. The molecule has 0 aromatic heterocycles. The van der Waals surface area contributed by atoms with Crippen molar-refractivity contribution < 1.29 is 14.3 Å². The standard InChI is InChI=1S/C23H31NO3/c1-19(9-5-4-6-14-25)10-7-11-20(18-24)12-8-13-21-15-22(26-2)17-23(16-21)27-3/h10,12,14-17H,4-9,11,13H2,1-3H3/b19-10?,20-12-. The second kappa shape index (κ2) is 13.6. The van der Waals surface area contributed by atoms with Crippen molar-refractivity contribution in [2.45, 2.75) is 58.3 Å². The zero-order chi connectivity index (χ0) is 19.9. The summed E-state index contributed by atoms with van der Waals surface area (Å²) >= 11 is 0. The van der Waals surface area contributed by atoms with Gasteiger partial charge >= 0.3 is 0 Å². The first-order valence-electron chi connectivity index (χ1n) is 9.53. The molecule has 0 aliphatic rings. The van der Waals surface area contributed by atoms with Crippen LogP contribution < -0.4 is 9.47 Å². The molecule has 0 fully saturated rings. The van der Waals surface area contributed by atoms with Crippen LogP contribution in [0.5, 0.6) is 11.5 Å². The molecule has 0 aliphatic heterocycles. The van der Waals surface area contributed by atoms with Crippen molar-refractivity contribution in [1.29, 1.82) is 5.26 Å². The van der Waals surface area contributed by atoms with Gasteiger partial charge in [0.05, 0.1) is 20.3 Å². The Balaban J connectivity index is 2.47. The van der Waals surface area contributed by atoms with Gasteiger partial charge in [-0.15, -0.1) is 0 Å². The number of aryl methyl sites for hydroxylation is 1. The van der Waals surface area contributed by atoms with Gasteiger partial charge < -0.3 is 14.3 Å². The van der Waals surface area contributed by atoms with Gasteiger partial charge in [0.15, 0.2) is 0 Å². The third kappa shape index (κ3) is 9.65. The first-order valence-corrected chi connectivity index (χ1v) is 9.53. The van der Waals surface area contributed by atoms with E-state index in [0.717, 1.165) is 73.9 Å². The van der Waals surface area contributed by atoms with E-state index >= 15 is 0 Å². The van der Waals surface area contributed by atoms with Crippen LogP contribution in [-0.2, 0) is 11.2 Å². The normalized spacial score (nSPS) is 11.8. The zero-order valence-corrected chi connectivity index (χ0v) is 16.8. The van der Waals surface area contributed by atoms with Crippen LogP contribution in [0.2, 0.25) is 0 Å². The van der Waals surface area contributed by atoms with Gasteiger partial charge in [-0.3, -0.25) is 0 Å². The Labute approximate surface area is 163 Å². The van der Waals surface area contributed by atoms with Crippen LogP contribution in [0.4, 0.5) is 0 Å². The minimum absolute atomic E-state index is 0.647. The van der Waals surface area contributed by atoms with E-state index in [9.17, 15) is 10.1 Å². The summed E-state index contributed by atoms with van der Waals surface area (Å²) < 4.78 is 10.6. The molecular weight excluding hydrogens is 338 g/mol. The lowest BCUT2D eigenvalue weighted by atomic mass is 10.0. The predicted octanol–water partition coefficient (Wildman–Crippen LogP) is 5.57. The monoisotopic (exact) mass is 369 g/mol. The number of rotatable bonds is 13. The van der Waals surface area contributed by atoms with E-state index < -0.39 is 0 Å². The summed E-state index contributed by atoms with van der Waals surface area (Å²) in [7, 11) is 3.29. The number of methoxy groups -OCH3 is 2. The van der Waals surface area contributed by atoms with Gasteiger partial charge in [0.1, 0.15) is 17.8 Å². The van der Waals surface area contributed by atoms with E-state index in [-0.39, 0.29) is 0 Å². The molecule has 4 heteroatoms. The maximum atomic E-state index is 10.3. The molecule has 0 heterocycles. The van der Waals surface area contributed by atoms with E-state index in [1.165, 1.54) is 5.57 Å². The second-order valence-corrected chi connectivity index (χ2v) is 6.60. The molecule has 0 amide bonds. The molecule has 0 unspecified atom stereocenters. The van der Waals surface area contributed by atoms with Crippen LogP contribution in [-0.4, -0.2) is 20.5 Å². The molecule has 1 rings (SSSR count). The number of nitrogens with zero attached hydrogens (tertiary/aromatic N) is 1. The Morgan fingerprint density at radius 3 is 2.30 bits per heavy atom. The van der Waals surface area contributed by atoms with Gasteiger partial charge in [-0.2, -0.15) is 5.26 Å². The molecule has 0 N–H and O–H groups in total. The quantitative estimate of drug-likeness (QED) is 0.197. The summed E-state index contributed by atoms with van der Waals surface area (Å²) in [5.74, 6) is 1.56. The highest BCUT2D eigenvalue weighted by atomic mass is 16.5. The predicted molar refractivity (Wildman–Crippen MR) is 109 cm³/mol. The van der Waals surface area contributed by atoms with Crippen molar-refractivity contribution in [2.24, 2.45) is 0 Å². The molecule has 27 heavy (non-hydrogen) atoms. The third-order valence-corrected chi connectivity index (χ3v) is 4.43. The summed E-state index contributed by atoms with van der Waals surface area (Å²) in [5.41, 5.74) is 3.29. The first-order chi connectivity index (χ1) is 13.1. The topological polar surface area (TPSA) is 59.3 Å². The van der Waals surface area contributed by atoms with E-state index in [1.807, 2.05) is 24.3 Å². The first kappa shape index (κ1) is 22.5. The van der Waals surface area contributed by atoms with Crippen molar-refractivity contribution in [2.75, 3.05) is 14.2 Å². The fourth-order valence-corrected chi connectivity index (χ4v) is 2.84. The lowest BCUT2D eigenvalue weighted by Crippen LogP contribution is -1.91. The maximum absolute atomic E-state index is 10.3. The minimum atomic E-state index is 0.647. The number of unbranched alkanes of at least 4 members (excludes halogenated alkanes) is 2. The van der Waals surface area contributed by atoms with Crippen LogP contribution in [0.15, 0.2) is 41.5 Å². The number of hydrogen-bond acceptors (Lipinski definition) is 4. The minimum Gasteiger partial charge on any atom is -0.497 e. The molecule has 4 nitrogen and oxygen atoms in total. The van der Waals surface area contributed by atoms with Crippen molar-refractivity contribution in [1.82, 2.24) is 0 Å². The van der Waals surface area contributed by atoms with Crippen LogP contribution in [0, 0.1) is 11.3 Å². The summed E-state index contributed by atoms with van der Waals surface area (Å²) in [5, 5.41) is 9.34. The molecule has 0 radical (unpaired) electrons. The van der Waals surface area contributed by atoms with Crippen molar-refractivity contribution in [3.8, 4) is 17.6 Å². The van der Waals surface area contributed by atoms with Gasteiger partial charge in [0, 0.05) is 18.1 Å². The largest absolute Gasteiger partial charge is 0.497 e. The van der Waals surface area contributed by atoms with Crippen molar-refractivity contribution in [3.63, 3.8) is 0 Å². The molecule has 0 saturated heterocycles. The van der Waals surface area contributed by atoms with E-state index in [4.69, 9.17) is 9.47 Å². The second-order valence-electron chi connectivity index (χ2n) is 6.60. The Hall–Kier alpha value is -2.54. The SMILES string of the molecule is COc1cc(CC/C=C(\C#N)CCC=C(C)CCCCC=O)cc(OC)c1. The summed E-state index contributed by atoms with van der Waals surface area (Å²) in [6.45, 7) is 2.12. The molecule has 0 saturated carbocycles. The number of allylic oxidation sites excluding steroid dienone is 4. The molecule has 146 valence electrons. The number of nitriles is 1. The van der Waals surface area contributed by atoms with Gasteiger partial charge in [0.25, 0.3) is 0 Å². The fraction of sp³-hybridized carbons (Fsp3) is 0.478. The molecule has 1 aromatic carbocycles. The lowest BCUT2D eigenvalue weighted by molar-refractivity contribution is -0.107. The van der Waals surface area contributed by atoms with Crippen LogP contribution in [0.3, 0.4) is 0 Å². The fourth-order valence-electron chi connectivity index (χ4n) is 2.84. The van der Waals surface area contributed by atoms with Crippen LogP contribution in [0.25, 0.3) is 0 Å². The molecule has 0 spiro atoms. The molecule has 0 aliphatic carbocycles. The molecular formula is C23H31NO3. The average molecular weight is 370 g/mol. The Kier molecular flexibility index (Phi) is 11.4. The highest BCUT2D eigenvalue weighted by Crippen LogP contribution is 2.23. The van der Waals surface area contributed by atoms with Gasteiger partial charge in [-0.05, 0) is 69.6 Å². The van der Waals surface area contributed by atoms with Gasteiger partial charge in [-0.1, -0.05) is 17.7 Å². The Morgan fingerprint density at radius 1 is 1.00 bits per heavy atom. The van der Waals surface area contributed by atoms with Crippen molar-refractivity contribution in [3.05, 3.63) is 47.1 Å². The number of ether oxygens (including phenoxy) is 2. The highest BCUT2D eigenvalue weighted by Gasteiger charge is 2.02. The van der Waals surface area contributed by atoms with Crippen LogP contribution in [0.1, 0.15) is 57.4 Å². The third-order valence-electron chi connectivity index (χ3n) is 4.43. The van der Waals surface area contributed by atoms with E-state index in [1.54, 1.807) is 14.2 Å². The summed E-state index contributed by atoms with van der Waals surface area (Å²) in [6.07, 6.45) is 12.2. The van der Waals surface area contributed by atoms with Crippen molar-refractivity contribution >= 4 is 6.29 Å². The number of aldehydes is 1. The summed E-state index contributed by atoms with van der Waals surface area (Å²) in [6, 6.07) is 8.16. The van der Waals surface area contributed by atoms with Crippen LogP contribution >= 0.6 is 0 Å².